The quantitative estimate of drug-likeness (QED) is 0.745. The summed E-state index contributed by atoms with van der Waals surface area (Å²) in [4.78, 5) is 11.8. The highest BCUT2D eigenvalue weighted by Crippen LogP contribution is 2.76. The number of ether oxygens (including phenoxy) is 1. The fraction of sp³-hybridized carbons (Fsp3) is 0.316. The lowest BCUT2D eigenvalue weighted by molar-refractivity contribution is -0.161. The van der Waals surface area contributed by atoms with Crippen LogP contribution in [0.1, 0.15) is 41.0 Å². The maximum absolute atomic E-state index is 11.8. The standard InChI is InChI=1S/C19H16O2/c1-11(20)21-19-10-12-6-2-3-7-13(12)16-17(18(16)19)14-8-4-5-9-15(14)19/h2-9,16-18H,10H2,1H3/t16-,17+,18+,19-/m1/s1. The third kappa shape index (κ3) is 1.26. The largest absolute Gasteiger partial charge is 0.454 e. The second kappa shape index (κ2) is 3.56. The van der Waals surface area contributed by atoms with Crippen molar-refractivity contribution in [3.63, 3.8) is 0 Å². The summed E-state index contributed by atoms with van der Waals surface area (Å²) in [6.07, 6.45) is 0.817. The van der Waals surface area contributed by atoms with E-state index in [0.717, 1.165) is 6.42 Å². The summed E-state index contributed by atoms with van der Waals surface area (Å²) in [5, 5.41) is 0. The highest BCUT2D eigenvalue weighted by molar-refractivity contribution is 5.69. The Hall–Kier alpha value is -2.09. The third-order valence-electron chi connectivity index (χ3n) is 5.53. The summed E-state index contributed by atoms with van der Waals surface area (Å²) in [5.41, 5.74) is 5.01. The van der Waals surface area contributed by atoms with Crippen LogP contribution >= 0.6 is 0 Å². The zero-order chi connectivity index (χ0) is 14.2. The molecule has 3 aliphatic carbocycles. The molecule has 2 nitrogen and oxygen atoms in total. The molecule has 1 fully saturated rings. The first kappa shape index (κ1) is 11.6. The van der Waals surface area contributed by atoms with E-state index in [1.165, 1.54) is 29.2 Å². The molecule has 0 bridgehead atoms. The third-order valence-corrected chi connectivity index (χ3v) is 5.53. The minimum atomic E-state index is -0.424. The summed E-state index contributed by atoms with van der Waals surface area (Å²) in [6.45, 7) is 1.53. The van der Waals surface area contributed by atoms with Crippen LogP contribution in [0.25, 0.3) is 0 Å². The number of carbonyl (C=O) groups is 1. The molecule has 0 aromatic heterocycles. The Balaban J connectivity index is 1.76. The summed E-state index contributed by atoms with van der Waals surface area (Å²) in [6, 6.07) is 17.2. The fourth-order valence-electron chi connectivity index (χ4n) is 4.95. The molecule has 3 aliphatic rings. The Labute approximate surface area is 123 Å². The molecule has 5 rings (SSSR count). The van der Waals surface area contributed by atoms with Crippen LogP contribution < -0.4 is 0 Å². The van der Waals surface area contributed by atoms with E-state index in [4.69, 9.17) is 4.74 Å². The van der Waals surface area contributed by atoms with Crippen LogP contribution in [0.3, 0.4) is 0 Å². The Morgan fingerprint density at radius 2 is 1.71 bits per heavy atom. The van der Waals surface area contributed by atoms with Crippen molar-refractivity contribution < 1.29 is 9.53 Å². The smallest absolute Gasteiger partial charge is 0.303 e. The first-order valence-electron chi connectivity index (χ1n) is 7.59. The van der Waals surface area contributed by atoms with Crippen LogP contribution in [0.15, 0.2) is 48.5 Å². The zero-order valence-corrected chi connectivity index (χ0v) is 11.9. The number of hydrogen-bond acceptors (Lipinski definition) is 2. The Morgan fingerprint density at radius 3 is 2.52 bits per heavy atom. The number of carbonyl (C=O) groups excluding carboxylic acids is 1. The predicted octanol–water partition coefficient (Wildman–Crippen LogP) is 3.51. The van der Waals surface area contributed by atoms with Gasteiger partial charge in [-0.05, 0) is 34.1 Å². The van der Waals surface area contributed by atoms with E-state index in [1.54, 1.807) is 0 Å². The van der Waals surface area contributed by atoms with Gasteiger partial charge in [0.15, 0.2) is 0 Å². The zero-order valence-electron chi connectivity index (χ0n) is 11.9. The van der Waals surface area contributed by atoms with E-state index in [0.29, 0.717) is 17.8 Å². The van der Waals surface area contributed by atoms with Gasteiger partial charge in [0.05, 0.1) is 0 Å². The molecule has 2 aromatic carbocycles. The Morgan fingerprint density at radius 1 is 1.05 bits per heavy atom. The molecule has 0 spiro atoms. The van der Waals surface area contributed by atoms with Crippen molar-refractivity contribution in [2.75, 3.05) is 0 Å². The molecular weight excluding hydrogens is 260 g/mol. The average Bonchev–Trinajstić information content (AvgIpc) is 3.17. The van der Waals surface area contributed by atoms with Crippen LogP contribution in [0.5, 0.6) is 0 Å². The molecule has 2 aromatic rings. The minimum absolute atomic E-state index is 0.171. The van der Waals surface area contributed by atoms with Gasteiger partial charge in [-0.2, -0.15) is 0 Å². The molecule has 0 amide bonds. The predicted molar refractivity (Wildman–Crippen MR) is 79.0 cm³/mol. The second-order valence-electron chi connectivity index (χ2n) is 6.52. The molecule has 0 aliphatic heterocycles. The Bertz CT molecular complexity index is 779. The van der Waals surface area contributed by atoms with Crippen LogP contribution in [-0.2, 0) is 21.6 Å². The maximum Gasteiger partial charge on any atom is 0.303 e. The lowest BCUT2D eigenvalue weighted by Gasteiger charge is -2.37. The van der Waals surface area contributed by atoms with E-state index < -0.39 is 5.60 Å². The van der Waals surface area contributed by atoms with Gasteiger partial charge in [-0.25, -0.2) is 0 Å². The van der Waals surface area contributed by atoms with Crippen molar-refractivity contribution in [3.8, 4) is 0 Å². The summed E-state index contributed by atoms with van der Waals surface area (Å²) in [7, 11) is 0. The average molecular weight is 276 g/mol. The topological polar surface area (TPSA) is 26.3 Å². The van der Waals surface area contributed by atoms with Crippen LogP contribution in [-0.4, -0.2) is 5.97 Å². The van der Waals surface area contributed by atoms with E-state index in [1.807, 2.05) is 0 Å². The number of rotatable bonds is 1. The van der Waals surface area contributed by atoms with Crippen molar-refractivity contribution >= 4 is 5.97 Å². The van der Waals surface area contributed by atoms with Gasteiger partial charge in [0.1, 0.15) is 5.60 Å². The number of esters is 1. The van der Waals surface area contributed by atoms with Gasteiger partial charge in [-0.1, -0.05) is 48.5 Å². The minimum Gasteiger partial charge on any atom is -0.454 e. The van der Waals surface area contributed by atoms with Crippen molar-refractivity contribution in [2.45, 2.75) is 30.8 Å². The first-order valence-corrected chi connectivity index (χ1v) is 7.59. The number of fused-ring (bicyclic) bond motifs is 6. The summed E-state index contributed by atoms with van der Waals surface area (Å²) in [5.74, 6) is 1.33. The number of benzene rings is 2. The summed E-state index contributed by atoms with van der Waals surface area (Å²) >= 11 is 0. The molecule has 104 valence electrons. The van der Waals surface area contributed by atoms with Gasteiger partial charge >= 0.3 is 5.97 Å². The first-order chi connectivity index (χ1) is 10.2. The molecule has 0 radical (unpaired) electrons. The lowest BCUT2D eigenvalue weighted by Crippen LogP contribution is -2.38. The van der Waals surface area contributed by atoms with E-state index in [2.05, 4.69) is 48.5 Å². The van der Waals surface area contributed by atoms with Crippen LogP contribution in [0, 0.1) is 5.92 Å². The molecule has 4 atom stereocenters. The van der Waals surface area contributed by atoms with Crippen LogP contribution in [0.4, 0.5) is 0 Å². The van der Waals surface area contributed by atoms with Gasteiger partial charge in [0, 0.05) is 19.3 Å². The lowest BCUT2D eigenvalue weighted by atomic mass is 9.75. The molecular formula is C19H16O2. The fourth-order valence-corrected chi connectivity index (χ4v) is 4.95. The second-order valence-corrected chi connectivity index (χ2v) is 6.52. The summed E-state index contributed by atoms with van der Waals surface area (Å²) < 4.78 is 5.97. The van der Waals surface area contributed by atoms with E-state index >= 15 is 0 Å². The molecule has 0 heterocycles. The van der Waals surface area contributed by atoms with Crippen molar-refractivity contribution in [1.29, 1.82) is 0 Å². The monoisotopic (exact) mass is 276 g/mol. The van der Waals surface area contributed by atoms with Gasteiger partial charge < -0.3 is 4.74 Å². The normalized spacial score (nSPS) is 33.7. The molecule has 1 saturated carbocycles. The van der Waals surface area contributed by atoms with Crippen molar-refractivity contribution in [1.82, 2.24) is 0 Å². The van der Waals surface area contributed by atoms with Crippen LogP contribution in [0.2, 0.25) is 0 Å². The van der Waals surface area contributed by atoms with Crippen molar-refractivity contribution in [2.24, 2.45) is 5.92 Å². The highest BCUT2D eigenvalue weighted by atomic mass is 16.6. The molecule has 2 heteroatoms. The van der Waals surface area contributed by atoms with Crippen molar-refractivity contribution in [3.05, 3.63) is 70.8 Å². The van der Waals surface area contributed by atoms with Gasteiger partial charge in [-0.3, -0.25) is 4.79 Å². The highest BCUT2D eigenvalue weighted by Gasteiger charge is 2.72. The van der Waals surface area contributed by atoms with E-state index in [9.17, 15) is 4.79 Å². The number of hydrogen-bond donors (Lipinski definition) is 0. The SMILES string of the molecule is CC(=O)O[C@]12Cc3ccccc3[C@@H]3[C@H](c4ccccc41)[C@H]32. The Kier molecular flexibility index (Phi) is 1.96. The van der Waals surface area contributed by atoms with Gasteiger partial charge in [0.2, 0.25) is 0 Å². The molecule has 0 saturated heterocycles. The molecule has 21 heavy (non-hydrogen) atoms. The molecule has 0 unspecified atom stereocenters. The van der Waals surface area contributed by atoms with Gasteiger partial charge in [0.25, 0.3) is 0 Å². The maximum atomic E-state index is 11.8. The van der Waals surface area contributed by atoms with E-state index in [-0.39, 0.29) is 5.97 Å². The van der Waals surface area contributed by atoms with Gasteiger partial charge in [-0.15, -0.1) is 0 Å². The molecule has 0 N–H and O–H groups in total.